The highest BCUT2D eigenvalue weighted by molar-refractivity contribution is 7.89. The third kappa shape index (κ3) is 4.66. The molecule has 1 unspecified atom stereocenters. The zero-order valence-corrected chi connectivity index (χ0v) is 16.5. The maximum absolute atomic E-state index is 12.6. The van der Waals surface area contributed by atoms with Crippen molar-refractivity contribution in [3.8, 4) is 0 Å². The van der Waals surface area contributed by atoms with Gasteiger partial charge < -0.3 is 4.90 Å². The Morgan fingerprint density at radius 2 is 1.75 bits per heavy atom. The molecular weight excluding hydrogens is 340 g/mol. The van der Waals surface area contributed by atoms with Gasteiger partial charge in [-0.3, -0.25) is 0 Å². The van der Waals surface area contributed by atoms with Crippen LogP contribution < -0.4 is 4.72 Å². The monoisotopic (exact) mass is 366 g/mol. The predicted molar refractivity (Wildman–Crippen MR) is 101 cm³/mol. The van der Waals surface area contributed by atoms with Crippen LogP contribution in [-0.4, -0.2) is 34.0 Å². The SMILES string of the molecule is CN(C)C(CNS(=O)(=O)c1ccc(C(C)(C)C)cc1)c1ccsc1. The number of sulfonamides is 1. The second kappa shape index (κ2) is 7.35. The van der Waals surface area contributed by atoms with Crippen LogP contribution in [0.15, 0.2) is 46.0 Å². The first-order valence-electron chi connectivity index (χ1n) is 7.90. The Kier molecular flexibility index (Phi) is 5.86. The van der Waals surface area contributed by atoms with Gasteiger partial charge in [0.15, 0.2) is 0 Å². The molecule has 1 aromatic heterocycles. The molecule has 0 aliphatic carbocycles. The Bertz CT molecular complexity index is 743. The van der Waals surface area contributed by atoms with Crippen LogP contribution in [0, 0.1) is 0 Å². The van der Waals surface area contributed by atoms with Crippen molar-refractivity contribution in [2.24, 2.45) is 0 Å². The quantitative estimate of drug-likeness (QED) is 0.849. The van der Waals surface area contributed by atoms with Crippen molar-refractivity contribution in [1.29, 1.82) is 0 Å². The normalized spacial score (nSPS) is 14.1. The fourth-order valence-electron chi connectivity index (χ4n) is 2.47. The minimum absolute atomic E-state index is 0.00465. The Hall–Kier alpha value is -1.21. The van der Waals surface area contributed by atoms with Gasteiger partial charge in [0.1, 0.15) is 0 Å². The van der Waals surface area contributed by atoms with E-state index in [9.17, 15) is 8.42 Å². The van der Waals surface area contributed by atoms with E-state index in [1.807, 2.05) is 42.6 Å². The molecule has 0 saturated heterocycles. The van der Waals surface area contributed by atoms with Gasteiger partial charge >= 0.3 is 0 Å². The van der Waals surface area contributed by atoms with Gasteiger partial charge in [-0.2, -0.15) is 11.3 Å². The summed E-state index contributed by atoms with van der Waals surface area (Å²) in [4.78, 5) is 2.33. The zero-order chi connectivity index (χ0) is 18.0. The lowest BCUT2D eigenvalue weighted by Gasteiger charge is -2.24. The number of hydrogen-bond donors (Lipinski definition) is 1. The van der Waals surface area contributed by atoms with E-state index in [2.05, 4.69) is 30.9 Å². The number of hydrogen-bond acceptors (Lipinski definition) is 4. The number of benzene rings is 1. The summed E-state index contributed by atoms with van der Waals surface area (Å²) in [5, 5.41) is 4.06. The number of nitrogens with one attached hydrogen (secondary N) is 1. The van der Waals surface area contributed by atoms with Gasteiger partial charge in [0.25, 0.3) is 0 Å². The Morgan fingerprint density at radius 3 is 2.21 bits per heavy atom. The van der Waals surface area contributed by atoms with E-state index in [-0.39, 0.29) is 11.5 Å². The maximum atomic E-state index is 12.6. The largest absolute Gasteiger partial charge is 0.301 e. The molecule has 4 nitrogen and oxygen atoms in total. The van der Waals surface area contributed by atoms with E-state index in [0.29, 0.717) is 11.4 Å². The minimum Gasteiger partial charge on any atom is -0.301 e. The van der Waals surface area contributed by atoms with Crippen LogP contribution in [0.4, 0.5) is 0 Å². The molecule has 0 spiro atoms. The summed E-state index contributed by atoms with van der Waals surface area (Å²) >= 11 is 1.62. The molecule has 0 saturated carbocycles. The second-order valence-electron chi connectivity index (χ2n) is 7.16. The van der Waals surface area contributed by atoms with Crippen LogP contribution >= 0.6 is 11.3 Å². The van der Waals surface area contributed by atoms with E-state index in [0.717, 1.165) is 11.1 Å². The topological polar surface area (TPSA) is 49.4 Å². The fourth-order valence-corrected chi connectivity index (χ4v) is 4.21. The summed E-state index contributed by atoms with van der Waals surface area (Å²) in [6, 6.07) is 9.17. The molecule has 0 radical (unpaired) electrons. The van der Waals surface area contributed by atoms with Crippen molar-refractivity contribution in [1.82, 2.24) is 9.62 Å². The molecule has 0 bridgehead atoms. The standard InChI is InChI=1S/C18H26N2O2S2/c1-18(2,3)15-6-8-16(9-7-15)24(21,22)19-12-17(20(4)5)14-10-11-23-13-14/h6-11,13,17,19H,12H2,1-5H3. The molecule has 2 aromatic rings. The summed E-state index contributed by atoms with van der Waals surface area (Å²) < 4.78 is 27.9. The van der Waals surface area contributed by atoms with Crippen molar-refractivity contribution in [3.63, 3.8) is 0 Å². The summed E-state index contributed by atoms with van der Waals surface area (Å²) in [7, 11) is 0.391. The number of thiophene rings is 1. The van der Waals surface area contributed by atoms with Crippen molar-refractivity contribution in [2.45, 2.75) is 37.1 Å². The first-order chi connectivity index (χ1) is 11.1. The van der Waals surface area contributed by atoms with Crippen molar-refractivity contribution >= 4 is 21.4 Å². The Morgan fingerprint density at radius 1 is 1.12 bits per heavy atom. The van der Waals surface area contributed by atoms with E-state index >= 15 is 0 Å². The second-order valence-corrected chi connectivity index (χ2v) is 9.71. The Balaban J connectivity index is 2.13. The number of rotatable bonds is 6. The van der Waals surface area contributed by atoms with Gasteiger partial charge in [-0.1, -0.05) is 32.9 Å². The zero-order valence-electron chi connectivity index (χ0n) is 14.9. The molecular formula is C18H26N2O2S2. The molecule has 0 aliphatic heterocycles. The lowest BCUT2D eigenvalue weighted by Crippen LogP contribution is -2.34. The van der Waals surface area contributed by atoms with E-state index in [1.165, 1.54) is 0 Å². The van der Waals surface area contributed by atoms with Crippen molar-refractivity contribution in [3.05, 3.63) is 52.2 Å². The summed E-state index contributed by atoms with van der Waals surface area (Å²) in [5.41, 5.74) is 2.24. The van der Waals surface area contributed by atoms with Gasteiger partial charge in [0.05, 0.1) is 4.90 Å². The highest BCUT2D eigenvalue weighted by Crippen LogP contribution is 2.24. The molecule has 6 heteroatoms. The molecule has 0 aliphatic rings. The molecule has 0 fully saturated rings. The molecule has 132 valence electrons. The van der Waals surface area contributed by atoms with Crippen molar-refractivity contribution < 1.29 is 8.42 Å². The maximum Gasteiger partial charge on any atom is 0.240 e. The van der Waals surface area contributed by atoms with Gasteiger partial charge in [-0.25, -0.2) is 13.1 Å². The fraction of sp³-hybridized carbons (Fsp3) is 0.444. The average Bonchev–Trinajstić information content (AvgIpc) is 3.00. The van der Waals surface area contributed by atoms with Gasteiger partial charge in [-0.15, -0.1) is 0 Å². The van der Waals surface area contributed by atoms with Gasteiger partial charge in [0.2, 0.25) is 10.0 Å². The highest BCUT2D eigenvalue weighted by Gasteiger charge is 2.21. The summed E-state index contributed by atoms with van der Waals surface area (Å²) in [6.45, 7) is 6.67. The number of nitrogens with zero attached hydrogens (tertiary/aromatic N) is 1. The molecule has 24 heavy (non-hydrogen) atoms. The van der Waals surface area contributed by atoms with Crippen LogP contribution in [-0.2, 0) is 15.4 Å². The average molecular weight is 367 g/mol. The van der Waals surface area contributed by atoms with Crippen LogP contribution in [0.25, 0.3) is 0 Å². The van der Waals surface area contributed by atoms with Crippen LogP contribution in [0.3, 0.4) is 0 Å². The molecule has 1 heterocycles. The smallest absolute Gasteiger partial charge is 0.240 e. The highest BCUT2D eigenvalue weighted by atomic mass is 32.2. The third-order valence-corrected chi connectivity index (χ3v) is 6.19. The summed E-state index contributed by atoms with van der Waals surface area (Å²) in [5.74, 6) is 0. The Labute approximate surface area is 149 Å². The van der Waals surface area contributed by atoms with Crippen LogP contribution in [0.2, 0.25) is 0 Å². The van der Waals surface area contributed by atoms with E-state index in [4.69, 9.17) is 0 Å². The lowest BCUT2D eigenvalue weighted by atomic mass is 9.87. The minimum atomic E-state index is -3.52. The van der Waals surface area contributed by atoms with Gasteiger partial charge in [0, 0.05) is 12.6 Å². The van der Waals surface area contributed by atoms with E-state index < -0.39 is 10.0 Å². The van der Waals surface area contributed by atoms with Crippen molar-refractivity contribution in [2.75, 3.05) is 20.6 Å². The first kappa shape index (κ1) is 19.1. The van der Waals surface area contributed by atoms with Crippen LogP contribution in [0.5, 0.6) is 0 Å². The number of likely N-dealkylation sites (N-methyl/N-ethyl adjacent to an activating group) is 1. The molecule has 0 amide bonds. The lowest BCUT2D eigenvalue weighted by molar-refractivity contribution is 0.300. The first-order valence-corrected chi connectivity index (χ1v) is 10.3. The molecule has 1 N–H and O–H groups in total. The molecule has 2 rings (SSSR count). The van der Waals surface area contributed by atoms with E-state index in [1.54, 1.807) is 23.5 Å². The van der Waals surface area contributed by atoms with Crippen LogP contribution in [0.1, 0.15) is 37.9 Å². The molecule has 1 atom stereocenters. The third-order valence-electron chi connectivity index (χ3n) is 4.05. The molecule has 1 aromatic carbocycles. The summed E-state index contributed by atoms with van der Waals surface area (Å²) in [6.07, 6.45) is 0. The predicted octanol–water partition coefficient (Wildman–Crippen LogP) is 3.63. The van der Waals surface area contributed by atoms with Gasteiger partial charge in [-0.05, 0) is 59.6 Å².